The third-order valence-corrected chi connectivity index (χ3v) is 6.26. The maximum absolute atomic E-state index is 13.0. The summed E-state index contributed by atoms with van der Waals surface area (Å²) < 4.78 is 0. The number of piperidine rings is 1. The maximum atomic E-state index is 13.0. The molecule has 2 aromatic carbocycles. The smallest absolute Gasteiger partial charge is 0.278 e. The van der Waals surface area contributed by atoms with Gasteiger partial charge in [0.25, 0.3) is 11.8 Å². The Labute approximate surface area is 194 Å². The largest absolute Gasteiger partial charge is 0.372 e. The Hall–Kier alpha value is -3.61. The van der Waals surface area contributed by atoms with E-state index >= 15 is 0 Å². The summed E-state index contributed by atoms with van der Waals surface area (Å²) in [4.78, 5) is 40.9. The number of likely N-dealkylation sites (N-methyl/N-ethyl adjacent to an activating group) is 1. The van der Waals surface area contributed by atoms with E-state index in [4.69, 9.17) is 0 Å². The number of rotatable bonds is 6. The lowest BCUT2D eigenvalue weighted by molar-refractivity contribution is -0.136. The first-order valence-electron chi connectivity index (χ1n) is 11.5. The quantitative estimate of drug-likeness (QED) is 0.653. The monoisotopic (exact) mass is 446 g/mol. The fraction of sp³-hybridized carbons (Fsp3) is 0.346. The summed E-state index contributed by atoms with van der Waals surface area (Å²) >= 11 is 0. The lowest BCUT2D eigenvalue weighted by Crippen LogP contribution is -2.32. The Morgan fingerprint density at radius 1 is 0.939 bits per heavy atom. The number of nitrogens with one attached hydrogen (secondary N) is 2. The van der Waals surface area contributed by atoms with Crippen molar-refractivity contribution in [2.24, 2.45) is 5.92 Å². The molecule has 0 atom stereocenters. The normalized spacial score (nSPS) is 17.1. The van der Waals surface area contributed by atoms with Gasteiger partial charge in [-0.05, 0) is 67.6 Å². The number of carbonyl (C=O) groups is 3. The third-order valence-electron chi connectivity index (χ3n) is 6.26. The highest BCUT2D eigenvalue weighted by Crippen LogP contribution is 2.32. The van der Waals surface area contributed by atoms with Crippen LogP contribution in [0.15, 0.2) is 54.2 Å². The van der Waals surface area contributed by atoms with E-state index in [1.54, 1.807) is 31.2 Å². The zero-order valence-electron chi connectivity index (χ0n) is 19.4. The molecule has 7 heteroatoms. The lowest BCUT2D eigenvalue weighted by atomic mass is 9.99. The number of benzene rings is 2. The summed E-state index contributed by atoms with van der Waals surface area (Å²) in [7, 11) is 0. The minimum absolute atomic E-state index is 0.170. The third kappa shape index (κ3) is 4.77. The number of hydrogen-bond acceptors (Lipinski definition) is 5. The summed E-state index contributed by atoms with van der Waals surface area (Å²) in [6, 6.07) is 14.9. The zero-order valence-corrected chi connectivity index (χ0v) is 19.4. The van der Waals surface area contributed by atoms with Gasteiger partial charge in [-0.2, -0.15) is 0 Å². The van der Waals surface area contributed by atoms with Crippen LogP contribution in [0.5, 0.6) is 0 Å². The van der Waals surface area contributed by atoms with E-state index in [1.165, 1.54) is 30.4 Å². The second-order valence-electron chi connectivity index (χ2n) is 8.70. The average molecular weight is 447 g/mol. The predicted molar refractivity (Wildman–Crippen MR) is 131 cm³/mol. The van der Waals surface area contributed by atoms with Crippen LogP contribution in [-0.2, 0) is 14.4 Å². The number of hydrogen-bond donors (Lipinski definition) is 2. The first-order valence-corrected chi connectivity index (χ1v) is 11.5. The highest BCUT2D eigenvalue weighted by atomic mass is 16.2. The van der Waals surface area contributed by atoms with Crippen LogP contribution in [0.1, 0.15) is 39.2 Å². The lowest BCUT2D eigenvalue weighted by Gasteiger charge is -2.32. The van der Waals surface area contributed by atoms with Gasteiger partial charge in [0.2, 0.25) is 5.91 Å². The van der Waals surface area contributed by atoms with E-state index in [1.807, 2.05) is 12.1 Å². The number of imide groups is 1. The standard InChI is InChI=1S/C26H30N4O3/c1-4-30-25(32)23(19-5-7-20(8-6-19)27-18(3)31)24(26(30)33)28-21-9-11-22(12-10-21)29-15-13-17(2)14-16-29/h5-12,17,28H,4,13-16H2,1-3H3,(H,27,31). The molecule has 0 aliphatic carbocycles. The Morgan fingerprint density at radius 3 is 2.12 bits per heavy atom. The fourth-order valence-electron chi connectivity index (χ4n) is 4.34. The number of amides is 3. The van der Waals surface area contributed by atoms with E-state index < -0.39 is 0 Å². The van der Waals surface area contributed by atoms with Gasteiger partial charge in [0.1, 0.15) is 5.70 Å². The Morgan fingerprint density at radius 2 is 1.55 bits per heavy atom. The summed E-state index contributed by atoms with van der Waals surface area (Å²) in [5, 5.41) is 5.91. The van der Waals surface area contributed by atoms with Crippen LogP contribution < -0.4 is 15.5 Å². The van der Waals surface area contributed by atoms with Gasteiger partial charge in [0.05, 0.1) is 5.57 Å². The molecule has 2 aliphatic rings. The highest BCUT2D eigenvalue weighted by molar-refractivity contribution is 6.36. The summed E-state index contributed by atoms with van der Waals surface area (Å²) in [5.41, 5.74) is 3.79. The Bertz CT molecular complexity index is 1080. The fourth-order valence-corrected chi connectivity index (χ4v) is 4.34. The maximum Gasteiger partial charge on any atom is 0.278 e. The molecule has 2 N–H and O–H groups in total. The predicted octanol–water partition coefficient (Wildman–Crippen LogP) is 4.09. The van der Waals surface area contributed by atoms with Gasteiger partial charge in [0.15, 0.2) is 0 Å². The first kappa shape index (κ1) is 22.6. The summed E-state index contributed by atoms with van der Waals surface area (Å²) in [6.07, 6.45) is 2.39. The molecule has 172 valence electrons. The molecular formula is C26H30N4O3. The first-order chi connectivity index (χ1) is 15.9. The van der Waals surface area contributed by atoms with Crippen molar-refractivity contribution < 1.29 is 14.4 Å². The van der Waals surface area contributed by atoms with Crippen molar-refractivity contribution in [2.45, 2.75) is 33.6 Å². The Balaban J connectivity index is 1.60. The molecule has 0 aromatic heterocycles. The summed E-state index contributed by atoms with van der Waals surface area (Å²) in [5.74, 6) is -0.0581. The van der Waals surface area contributed by atoms with Crippen LogP contribution in [0.4, 0.5) is 17.1 Å². The molecule has 4 rings (SSSR count). The van der Waals surface area contributed by atoms with Crippen LogP contribution in [-0.4, -0.2) is 42.3 Å². The van der Waals surface area contributed by atoms with Crippen LogP contribution in [0.25, 0.3) is 5.57 Å². The van der Waals surface area contributed by atoms with Gasteiger partial charge in [-0.15, -0.1) is 0 Å². The van der Waals surface area contributed by atoms with Gasteiger partial charge >= 0.3 is 0 Å². The second kappa shape index (κ2) is 9.48. The molecule has 2 aromatic rings. The van der Waals surface area contributed by atoms with Crippen molar-refractivity contribution >= 4 is 40.4 Å². The van der Waals surface area contributed by atoms with E-state index in [9.17, 15) is 14.4 Å². The minimum atomic E-state index is -0.336. The van der Waals surface area contributed by atoms with Crippen molar-refractivity contribution in [1.29, 1.82) is 0 Å². The van der Waals surface area contributed by atoms with Gasteiger partial charge in [-0.1, -0.05) is 19.1 Å². The molecule has 0 unspecified atom stereocenters. The van der Waals surface area contributed by atoms with Crippen molar-refractivity contribution in [2.75, 3.05) is 35.2 Å². The highest BCUT2D eigenvalue weighted by Gasteiger charge is 2.38. The van der Waals surface area contributed by atoms with Gasteiger partial charge in [-0.3, -0.25) is 19.3 Å². The second-order valence-corrected chi connectivity index (χ2v) is 8.70. The molecule has 0 radical (unpaired) electrons. The Kier molecular flexibility index (Phi) is 6.49. The van der Waals surface area contributed by atoms with Crippen LogP contribution >= 0.6 is 0 Å². The molecule has 3 amide bonds. The van der Waals surface area contributed by atoms with Crippen molar-refractivity contribution in [3.63, 3.8) is 0 Å². The topological polar surface area (TPSA) is 81.8 Å². The molecule has 2 heterocycles. The zero-order chi connectivity index (χ0) is 23.5. The number of carbonyl (C=O) groups excluding carboxylic acids is 3. The van der Waals surface area contributed by atoms with E-state index in [0.717, 1.165) is 24.7 Å². The molecule has 0 spiro atoms. The molecule has 0 bridgehead atoms. The van der Waals surface area contributed by atoms with Crippen molar-refractivity contribution in [3.05, 3.63) is 59.8 Å². The van der Waals surface area contributed by atoms with Crippen LogP contribution in [0.3, 0.4) is 0 Å². The van der Waals surface area contributed by atoms with Crippen molar-refractivity contribution in [3.8, 4) is 0 Å². The van der Waals surface area contributed by atoms with Gasteiger partial charge < -0.3 is 15.5 Å². The van der Waals surface area contributed by atoms with Crippen LogP contribution in [0, 0.1) is 5.92 Å². The number of nitrogens with zero attached hydrogens (tertiary/aromatic N) is 2. The SMILES string of the molecule is CCN1C(=O)C(Nc2ccc(N3CCC(C)CC3)cc2)=C(c2ccc(NC(C)=O)cc2)C1=O. The molecular weight excluding hydrogens is 416 g/mol. The van der Waals surface area contributed by atoms with Gasteiger partial charge in [0, 0.05) is 43.6 Å². The van der Waals surface area contributed by atoms with Crippen LogP contribution in [0.2, 0.25) is 0 Å². The molecule has 1 fully saturated rings. The molecule has 1 saturated heterocycles. The van der Waals surface area contributed by atoms with Crippen molar-refractivity contribution in [1.82, 2.24) is 4.90 Å². The minimum Gasteiger partial charge on any atom is -0.372 e. The van der Waals surface area contributed by atoms with E-state index in [0.29, 0.717) is 23.4 Å². The summed E-state index contributed by atoms with van der Waals surface area (Å²) in [6.45, 7) is 7.91. The van der Waals surface area contributed by atoms with E-state index in [-0.39, 0.29) is 23.4 Å². The van der Waals surface area contributed by atoms with E-state index in [2.05, 4.69) is 34.6 Å². The number of anilines is 3. The molecule has 0 saturated carbocycles. The van der Waals surface area contributed by atoms with Gasteiger partial charge in [-0.25, -0.2) is 0 Å². The molecule has 2 aliphatic heterocycles. The molecule has 7 nitrogen and oxygen atoms in total. The average Bonchev–Trinajstić information content (AvgIpc) is 3.04. The molecule has 33 heavy (non-hydrogen) atoms.